The fourth-order valence-electron chi connectivity index (χ4n) is 2.31. The van der Waals surface area contributed by atoms with Gasteiger partial charge in [-0.3, -0.25) is 9.59 Å². The smallest absolute Gasteiger partial charge is 0.223 e. The molecule has 96 valence electrons. The molecule has 0 aromatic rings. The number of hydrogen-bond donors (Lipinski definition) is 0. The summed E-state index contributed by atoms with van der Waals surface area (Å²) in [6, 6.07) is 0. The lowest BCUT2D eigenvalue weighted by Crippen LogP contribution is -2.41. The number of ether oxygens (including phenoxy) is 1. The van der Waals surface area contributed by atoms with Crippen molar-refractivity contribution in [2.45, 2.75) is 25.7 Å². The van der Waals surface area contributed by atoms with Crippen molar-refractivity contribution < 1.29 is 14.3 Å². The van der Waals surface area contributed by atoms with E-state index in [1.54, 1.807) is 4.90 Å². The van der Waals surface area contributed by atoms with Gasteiger partial charge in [-0.05, 0) is 12.8 Å². The molecule has 0 aromatic carbocycles. The Labute approximate surface area is 102 Å². The molecule has 0 N–H and O–H groups in total. The van der Waals surface area contributed by atoms with Crippen LogP contribution in [0, 0.1) is 0 Å². The van der Waals surface area contributed by atoms with Gasteiger partial charge in [-0.25, -0.2) is 0 Å². The highest BCUT2D eigenvalue weighted by Crippen LogP contribution is 2.11. The van der Waals surface area contributed by atoms with Crippen LogP contribution in [0.15, 0.2) is 0 Å². The molecule has 0 spiro atoms. The maximum atomic E-state index is 11.8. The maximum absolute atomic E-state index is 11.8. The van der Waals surface area contributed by atoms with Crippen LogP contribution in [-0.4, -0.2) is 61.0 Å². The largest absolute Gasteiger partial charge is 0.378 e. The summed E-state index contributed by atoms with van der Waals surface area (Å²) in [6.07, 6.45) is 2.90. The molecule has 0 bridgehead atoms. The molecule has 0 aliphatic carbocycles. The molecule has 2 heterocycles. The summed E-state index contributed by atoms with van der Waals surface area (Å²) >= 11 is 0. The Hall–Kier alpha value is -1.10. The molecule has 2 aliphatic heterocycles. The van der Waals surface area contributed by atoms with Gasteiger partial charge in [0.2, 0.25) is 11.8 Å². The number of nitrogens with zero attached hydrogens (tertiary/aromatic N) is 2. The van der Waals surface area contributed by atoms with Gasteiger partial charge >= 0.3 is 0 Å². The summed E-state index contributed by atoms with van der Waals surface area (Å²) in [7, 11) is 0. The van der Waals surface area contributed by atoms with Crippen LogP contribution < -0.4 is 0 Å². The Bertz CT molecular complexity index is 281. The van der Waals surface area contributed by atoms with Crippen LogP contribution in [0.25, 0.3) is 0 Å². The Morgan fingerprint density at radius 2 is 1.29 bits per heavy atom. The zero-order valence-electron chi connectivity index (χ0n) is 10.2. The lowest BCUT2D eigenvalue weighted by molar-refractivity contribution is -0.139. The molecular formula is C12H20N2O3. The van der Waals surface area contributed by atoms with Crippen LogP contribution >= 0.6 is 0 Å². The molecule has 2 saturated heterocycles. The molecule has 5 heteroatoms. The van der Waals surface area contributed by atoms with Crippen LogP contribution in [0.2, 0.25) is 0 Å². The normalized spacial score (nSPS) is 20.7. The number of amides is 2. The second-order valence-corrected chi connectivity index (χ2v) is 4.58. The third-order valence-corrected chi connectivity index (χ3v) is 3.38. The number of likely N-dealkylation sites (tertiary alicyclic amines) is 1. The minimum absolute atomic E-state index is 0.0841. The number of carbonyl (C=O) groups is 2. The molecule has 0 unspecified atom stereocenters. The van der Waals surface area contributed by atoms with E-state index in [9.17, 15) is 9.59 Å². The van der Waals surface area contributed by atoms with E-state index in [0.29, 0.717) is 39.1 Å². The summed E-state index contributed by atoms with van der Waals surface area (Å²) in [5.74, 6) is 0.213. The first-order valence-corrected chi connectivity index (χ1v) is 6.40. The first-order valence-electron chi connectivity index (χ1n) is 6.40. The molecule has 5 nitrogen and oxygen atoms in total. The fourth-order valence-corrected chi connectivity index (χ4v) is 2.31. The third kappa shape index (κ3) is 3.43. The van der Waals surface area contributed by atoms with E-state index in [4.69, 9.17) is 4.74 Å². The second-order valence-electron chi connectivity index (χ2n) is 4.58. The van der Waals surface area contributed by atoms with Crippen LogP contribution in [0.1, 0.15) is 25.7 Å². The number of hydrogen-bond acceptors (Lipinski definition) is 3. The number of rotatable bonds is 3. The lowest BCUT2D eigenvalue weighted by atomic mass is 10.2. The van der Waals surface area contributed by atoms with Crippen molar-refractivity contribution in [2.24, 2.45) is 0 Å². The van der Waals surface area contributed by atoms with E-state index in [0.717, 1.165) is 25.9 Å². The highest BCUT2D eigenvalue weighted by molar-refractivity contribution is 5.84. The van der Waals surface area contributed by atoms with E-state index < -0.39 is 0 Å². The van der Waals surface area contributed by atoms with Gasteiger partial charge in [0.15, 0.2) is 0 Å². The van der Waals surface area contributed by atoms with Crippen LogP contribution in [0.3, 0.4) is 0 Å². The monoisotopic (exact) mass is 240 g/mol. The van der Waals surface area contributed by atoms with E-state index in [-0.39, 0.29) is 11.8 Å². The molecule has 2 aliphatic rings. The van der Waals surface area contributed by atoms with Crippen molar-refractivity contribution in [2.75, 3.05) is 39.4 Å². The second kappa shape index (κ2) is 6.00. The Morgan fingerprint density at radius 1 is 0.824 bits per heavy atom. The summed E-state index contributed by atoms with van der Waals surface area (Å²) in [5.41, 5.74) is 0. The van der Waals surface area contributed by atoms with Crippen molar-refractivity contribution in [1.29, 1.82) is 0 Å². The molecule has 0 atom stereocenters. The van der Waals surface area contributed by atoms with Crippen molar-refractivity contribution in [3.63, 3.8) is 0 Å². The van der Waals surface area contributed by atoms with Crippen LogP contribution in [0.5, 0.6) is 0 Å². The average Bonchev–Trinajstić information content (AvgIpc) is 2.90. The molecule has 2 amide bonds. The number of morpholine rings is 1. The van der Waals surface area contributed by atoms with Crippen LogP contribution in [0.4, 0.5) is 0 Å². The molecular weight excluding hydrogens is 220 g/mol. The van der Waals surface area contributed by atoms with Gasteiger partial charge in [0.1, 0.15) is 0 Å². The van der Waals surface area contributed by atoms with Gasteiger partial charge in [-0.15, -0.1) is 0 Å². The van der Waals surface area contributed by atoms with E-state index in [1.165, 1.54) is 0 Å². The predicted molar refractivity (Wildman–Crippen MR) is 62.4 cm³/mol. The predicted octanol–water partition coefficient (Wildman–Crippen LogP) is 0.248. The van der Waals surface area contributed by atoms with E-state index in [2.05, 4.69) is 0 Å². The molecule has 17 heavy (non-hydrogen) atoms. The van der Waals surface area contributed by atoms with Crippen molar-refractivity contribution in [1.82, 2.24) is 9.80 Å². The maximum Gasteiger partial charge on any atom is 0.223 e. The van der Waals surface area contributed by atoms with Crippen molar-refractivity contribution in [3.05, 3.63) is 0 Å². The average molecular weight is 240 g/mol. The van der Waals surface area contributed by atoms with Crippen LogP contribution in [-0.2, 0) is 14.3 Å². The Balaban J connectivity index is 1.69. The molecule has 2 rings (SSSR count). The molecule has 0 radical (unpaired) electrons. The SMILES string of the molecule is O=C(CCC(=O)N1CCOCC1)N1CCCC1. The highest BCUT2D eigenvalue weighted by Gasteiger charge is 2.21. The fraction of sp³-hybridized carbons (Fsp3) is 0.833. The zero-order valence-corrected chi connectivity index (χ0v) is 10.2. The van der Waals surface area contributed by atoms with E-state index in [1.807, 2.05) is 4.90 Å². The van der Waals surface area contributed by atoms with E-state index >= 15 is 0 Å². The van der Waals surface area contributed by atoms with Gasteiger partial charge in [0.05, 0.1) is 13.2 Å². The minimum Gasteiger partial charge on any atom is -0.378 e. The molecule has 0 saturated carbocycles. The van der Waals surface area contributed by atoms with Crippen molar-refractivity contribution >= 4 is 11.8 Å². The standard InChI is InChI=1S/C12H20N2O3/c15-11(13-5-1-2-6-13)3-4-12(16)14-7-9-17-10-8-14/h1-10H2. The highest BCUT2D eigenvalue weighted by atomic mass is 16.5. The van der Waals surface area contributed by atoms with Gasteiger partial charge < -0.3 is 14.5 Å². The summed E-state index contributed by atoms with van der Waals surface area (Å²) in [6.45, 7) is 4.29. The lowest BCUT2D eigenvalue weighted by Gasteiger charge is -2.27. The first-order chi connectivity index (χ1) is 8.27. The van der Waals surface area contributed by atoms with Gasteiger partial charge in [-0.2, -0.15) is 0 Å². The summed E-state index contributed by atoms with van der Waals surface area (Å²) in [4.78, 5) is 27.2. The molecule has 0 aromatic heterocycles. The van der Waals surface area contributed by atoms with Gasteiger partial charge in [-0.1, -0.05) is 0 Å². The molecule has 2 fully saturated rings. The Morgan fingerprint density at radius 3 is 1.82 bits per heavy atom. The number of carbonyl (C=O) groups excluding carboxylic acids is 2. The summed E-state index contributed by atoms with van der Waals surface area (Å²) < 4.78 is 5.19. The Kier molecular flexibility index (Phi) is 4.36. The van der Waals surface area contributed by atoms with Gasteiger partial charge in [0.25, 0.3) is 0 Å². The quantitative estimate of drug-likeness (QED) is 0.710. The first kappa shape index (κ1) is 12.4. The summed E-state index contributed by atoms with van der Waals surface area (Å²) in [5, 5.41) is 0. The zero-order chi connectivity index (χ0) is 12.1. The minimum atomic E-state index is 0.0841. The topological polar surface area (TPSA) is 49.9 Å². The van der Waals surface area contributed by atoms with Gasteiger partial charge in [0, 0.05) is 39.0 Å². The van der Waals surface area contributed by atoms with Crippen molar-refractivity contribution in [3.8, 4) is 0 Å². The third-order valence-electron chi connectivity index (χ3n) is 3.38.